The van der Waals surface area contributed by atoms with E-state index in [2.05, 4.69) is 5.32 Å². The van der Waals surface area contributed by atoms with Gasteiger partial charge in [-0.3, -0.25) is 19.1 Å². The number of thioether (sulfide) groups is 1. The lowest BCUT2D eigenvalue weighted by Gasteiger charge is -2.15. The van der Waals surface area contributed by atoms with E-state index in [0.717, 1.165) is 33.7 Å². The highest BCUT2D eigenvalue weighted by Crippen LogP contribution is 2.31. The molecule has 1 aliphatic rings. The zero-order valence-electron chi connectivity index (χ0n) is 17.9. The molecule has 1 N–H and O–H groups in total. The fourth-order valence-corrected chi connectivity index (χ4v) is 5.77. The molecule has 0 saturated carbocycles. The fraction of sp³-hybridized carbons (Fsp3) is 0.364. The highest BCUT2D eigenvalue weighted by atomic mass is 32.2. The molecule has 1 fully saturated rings. The quantitative estimate of drug-likeness (QED) is 0.469. The molecule has 1 saturated heterocycles. The van der Waals surface area contributed by atoms with Crippen LogP contribution in [0.25, 0.3) is 15.9 Å². The van der Waals surface area contributed by atoms with Gasteiger partial charge in [-0.15, -0.1) is 11.3 Å². The van der Waals surface area contributed by atoms with E-state index in [4.69, 9.17) is 4.98 Å². The van der Waals surface area contributed by atoms with E-state index in [1.807, 2.05) is 45.9 Å². The summed E-state index contributed by atoms with van der Waals surface area (Å²) in [5.74, 6) is -0.265. The summed E-state index contributed by atoms with van der Waals surface area (Å²) in [6, 6.07) is 5.48. The first-order valence-electron chi connectivity index (χ1n) is 10.2. The van der Waals surface area contributed by atoms with Gasteiger partial charge in [0.25, 0.3) is 5.56 Å². The molecule has 7 nitrogen and oxygen atoms in total. The average Bonchev–Trinajstić information content (AvgIpc) is 3.30. The number of carbonyl (C=O) groups excluding carboxylic acids is 2. The third kappa shape index (κ3) is 3.87. The van der Waals surface area contributed by atoms with E-state index in [1.165, 1.54) is 28.0 Å². The number of aryl methyl sites for hydroxylation is 4. The smallest absolute Gasteiger partial charge is 0.324 e. The summed E-state index contributed by atoms with van der Waals surface area (Å²) < 4.78 is 1.60. The van der Waals surface area contributed by atoms with Crippen molar-refractivity contribution in [2.75, 3.05) is 18.8 Å². The Labute approximate surface area is 188 Å². The third-order valence-corrected chi connectivity index (χ3v) is 7.55. The van der Waals surface area contributed by atoms with Crippen molar-refractivity contribution in [3.05, 3.63) is 50.1 Å². The molecule has 2 aromatic heterocycles. The van der Waals surface area contributed by atoms with Crippen LogP contribution in [0.4, 0.5) is 4.79 Å². The minimum absolute atomic E-state index is 0.0290. The maximum Gasteiger partial charge on any atom is 0.324 e. The zero-order chi connectivity index (χ0) is 22.3. The molecule has 0 atom stereocenters. The van der Waals surface area contributed by atoms with Gasteiger partial charge < -0.3 is 5.32 Å². The molecular weight excluding hydrogens is 432 g/mol. The van der Waals surface area contributed by atoms with Gasteiger partial charge in [-0.1, -0.05) is 24.8 Å². The molecular formula is C22H24N4O3S2. The number of carbonyl (C=O) groups is 2. The number of thiophene rings is 1. The van der Waals surface area contributed by atoms with Crippen LogP contribution in [0, 0.1) is 20.8 Å². The number of urea groups is 1. The first kappa shape index (κ1) is 21.6. The van der Waals surface area contributed by atoms with Crippen LogP contribution in [0.2, 0.25) is 0 Å². The van der Waals surface area contributed by atoms with Gasteiger partial charge in [0.2, 0.25) is 5.91 Å². The minimum Gasteiger partial charge on any atom is -0.336 e. The van der Waals surface area contributed by atoms with Crippen molar-refractivity contribution < 1.29 is 9.59 Å². The van der Waals surface area contributed by atoms with E-state index in [0.29, 0.717) is 28.5 Å². The van der Waals surface area contributed by atoms with Gasteiger partial charge in [-0.25, -0.2) is 9.78 Å². The lowest BCUT2D eigenvalue weighted by atomic mass is 10.1. The summed E-state index contributed by atoms with van der Waals surface area (Å²) >= 11 is 2.69. The molecule has 3 amide bonds. The van der Waals surface area contributed by atoms with Crippen LogP contribution in [0.1, 0.15) is 28.5 Å². The molecule has 0 spiro atoms. The number of fused-ring (bicyclic) bond motifs is 1. The maximum absolute atomic E-state index is 13.6. The number of amides is 3. The predicted octanol–water partition coefficient (Wildman–Crippen LogP) is 3.58. The van der Waals surface area contributed by atoms with Crippen LogP contribution in [0.15, 0.2) is 28.2 Å². The molecule has 9 heteroatoms. The van der Waals surface area contributed by atoms with E-state index >= 15 is 0 Å². The number of imide groups is 1. The van der Waals surface area contributed by atoms with Gasteiger partial charge in [-0.05, 0) is 56.0 Å². The molecule has 3 heterocycles. The number of aromatic nitrogens is 2. The lowest BCUT2D eigenvalue weighted by molar-refractivity contribution is -0.124. The largest absolute Gasteiger partial charge is 0.336 e. The summed E-state index contributed by atoms with van der Waals surface area (Å²) in [4.78, 5) is 45.8. The number of nitrogens with zero attached hydrogens (tertiary/aromatic N) is 3. The van der Waals surface area contributed by atoms with Crippen molar-refractivity contribution in [1.82, 2.24) is 19.8 Å². The van der Waals surface area contributed by atoms with E-state index < -0.39 is 0 Å². The van der Waals surface area contributed by atoms with Gasteiger partial charge in [-0.2, -0.15) is 0 Å². The summed E-state index contributed by atoms with van der Waals surface area (Å²) in [6.45, 7) is 8.89. The highest BCUT2D eigenvalue weighted by molar-refractivity contribution is 7.99. The normalized spacial score (nSPS) is 13.8. The van der Waals surface area contributed by atoms with Gasteiger partial charge >= 0.3 is 6.03 Å². The summed E-state index contributed by atoms with van der Waals surface area (Å²) in [5, 5.41) is 3.74. The molecule has 0 bridgehead atoms. The Morgan fingerprint density at radius 1 is 1.23 bits per heavy atom. The predicted molar refractivity (Wildman–Crippen MR) is 125 cm³/mol. The van der Waals surface area contributed by atoms with E-state index in [9.17, 15) is 14.4 Å². The first-order valence-corrected chi connectivity index (χ1v) is 12.0. The molecule has 0 radical (unpaired) electrons. The highest BCUT2D eigenvalue weighted by Gasteiger charge is 2.27. The number of hydrogen-bond donors (Lipinski definition) is 1. The Balaban J connectivity index is 1.82. The first-order chi connectivity index (χ1) is 14.8. The standard InChI is InChI=1S/C22H24N4O3S2/c1-5-16-14(4)31-19-18(16)20(28)26(15-7-6-12(2)13(3)10-15)22(24-19)30-11-17(27)25-9-8-23-21(25)29/h6-7,10H,5,8-9,11H2,1-4H3,(H,23,29). The molecule has 4 rings (SSSR count). The Hall–Kier alpha value is -2.65. The van der Waals surface area contributed by atoms with Crippen molar-refractivity contribution in [2.24, 2.45) is 0 Å². The minimum atomic E-state index is -0.373. The van der Waals surface area contributed by atoms with Crippen molar-refractivity contribution in [3.8, 4) is 5.69 Å². The Morgan fingerprint density at radius 2 is 2.00 bits per heavy atom. The summed E-state index contributed by atoms with van der Waals surface area (Å²) in [6.07, 6.45) is 0.755. The van der Waals surface area contributed by atoms with Crippen LogP contribution >= 0.6 is 23.1 Å². The number of hydrogen-bond acceptors (Lipinski definition) is 6. The molecule has 0 aliphatic carbocycles. The molecule has 1 aliphatic heterocycles. The second-order valence-electron chi connectivity index (χ2n) is 7.54. The average molecular weight is 457 g/mol. The molecule has 0 unspecified atom stereocenters. The summed E-state index contributed by atoms with van der Waals surface area (Å²) in [5.41, 5.74) is 3.83. The van der Waals surface area contributed by atoms with Crippen molar-refractivity contribution >= 4 is 45.3 Å². The second kappa shape index (κ2) is 8.47. The van der Waals surface area contributed by atoms with Crippen LogP contribution in [0.5, 0.6) is 0 Å². The Kier molecular flexibility index (Phi) is 5.90. The van der Waals surface area contributed by atoms with Crippen LogP contribution in [-0.4, -0.2) is 45.2 Å². The fourth-order valence-electron chi connectivity index (χ4n) is 3.73. The monoisotopic (exact) mass is 456 g/mol. The third-order valence-electron chi connectivity index (χ3n) is 5.58. The maximum atomic E-state index is 13.6. The number of rotatable bonds is 5. The second-order valence-corrected chi connectivity index (χ2v) is 9.69. The van der Waals surface area contributed by atoms with E-state index in [1.54, 1.807) is 4.57 Å². The van der Waals surface area contributed by atoms with Crippen LogP contribution in [-0.2, 0) is 11.2 Å². The zero-order valence-corrected chi connectivity index (χ0v) is 19.6. The van der Waals surface area contributed by atoms with Gasteiger partial charge in [0.05, 0.1) is 16.8 Å². The van der Waals surface area contributed by atoms with Gasteiger partial charge in [0.15, 0.2) is 5.16 Å². The van der Waals surface area contributed by atoms with Crippen molar-refractivity contribution in [3.63, 3.8) is 0 Å². The van der Waals surface area contributed by atoms with Crippen LogP contribution < -0.4 is 10.9 Å². The molecule has 162 valence electrons. The van der Waals surface area contributed by atoms with Gasteiger partial charge in [0, 0.05) is 18.0 Å². The lowest BCUT2D eigenvalue weighted by Crippen LogP contribution is -2.35. The molecule has 31 heavy (non-hydrogen) atoms. The topological polar surface area (TPSA) is 84.3 Å². The van der Waals surface area contributed by atoms with Gasteiger partial charge in [0.1, 0.15) is 4.83 Å². The van der Waals surface area contributed by atoms with Crippen molar-refractivity contribution in [1.29, 1.82) is 0 Å². The number of nitrogens with one attached hydrogen (secondary N) is 1. The Bertz CT molecular complexity index is 1260. The van der Waals surface area contributed by atoms with Crippen molar-refractivity contribution in [2.45, 2.75) is 39.3 Å². The molecule has 1 aromatic carbocycles. The Morgan fingerprint density at radius 3 is 2.65 bits per heavy atom. The SMILES string of the molecule is CCc1c(C)sc2nc(SCC(=O)N3CCNC3=O)n(-c3ccc(C)c(C)c3)c(=O)c12. The van der Waals surface area contributed by atoms with Crippen LogP contribution in [0.3, 0.4) is 0 Å². The number of benzene rings is 1. The van der Waals surface area contributed by atoms with E-state index in [-0.39, 0.29) is 23.3 Å². The molecule has 3 aromatic rings. The summed E-state index contributed by atoms with van der Waals surface area (Å²) in [7, 11) is 0.